The quantitative estimate of drug-likeness (QED) is 0.0427. The minimum Gasteiger partial charge on any atom is -0.394 e. The van der Waals surface area contributed by atoms with Gasteiger partial charge in [0.15, 0.2) is 56.6 Å². The molecule has 26 N–H and O–H groups in total. The number of hydrogen-bond donors (Lipinski definition) is 26. The van der Waals surface area contributed by atoms with Crippen LogP contribution in [0.1, 0.15) is 34.6 Å². The van der Waals surface area contributed by atoms with Crippen molar-refractivity contribution < 1.29 is 213 Å². The van der Waals surface area contributed by atoms with Gasteiger partial charge in [-0.1, -0.05) is 0 Å². The van der Waals surface area contributed by atoms with Crippen LogP contribution in [0.15, 0.2) is 0 Å². The standard InChI is InChI=1S/C58H98N2O43/c1-12-25(69)31(75)37(81)53(87-12)99-45-23(59-15(4)67)51(101-47-29(73)18(7-62)91-56(40(47)84)96-42-20(9-64)90-50(86)36(80)35(42)79)94-21(10-65)43(45)97-57-41(85)48(30(74)19(8-63)92-57)102-52-24(60-16(5)68)46(100-54-38(82)32(76)26(70)13(2)88-54)44(22(11-66)95-52)98-58-49(34(78)28(72)17(6-61)93-58)103-55-39(83)33(77)27(71)14(3)89-55/h12-14,17-58,61-66,69-86H,6-11H2,1-5H3,(H,59,67)(H,60,68)/t12-,13-,14-,17+,18+,19+,20+,21+,22+,23+,24+,25+,26+,27+,28-,29-,30-,31+,32+,33+,34-,35+,36+,37-,38-,39-,40+,41+,42+,43+,44+,45+,46+,47-,48-,49+,50?,51-,52-,53-,54-,55-,56-,57-,58-/m0/s1. The Morgan fingerprint density at radius 1 is 0.252 bits per heavy atom. The monoisotopic (exact) mass is 1510 g/mol. The van der Waals surface area contributed by atoms with Crippen molar-refractivity contribution in [2.75, 3.05) is 39.6 Å². The number of aliphatic hydroxyl groups excluding tert-OH is 24. The maximum atomic E-state index is 13.5. The minimum absolute atomic E-state index is 0.936. The van der Waals surface area contributed by atoms with Crippen molar-refractivity contribution in [3.05, 3.63) is 0 Å². The highest BCUT2D eigenvalue weighted by Crippen LogP contribution is 2.41. The maximum absolute atomic E-state index is 13.5. The third-order valence-electron chi connectivity index (χ3n) is 19.5. The van der Waals surface area contributed by atoms with E-state index in [1.54, 1.807) is 0 Å². The van der Waals surface area contributed by atoms with Gasteiger partial charge in [0.25, 0.3) is 0 Å². The lowest BCUT2D eigenvalue weighted by Crippen LogP contribution is -2.72. The Morgan fingerprint density at radius 3 is 0.883 bits per heavy atom. The van der Waals surface area contributed by atoms with Crippen molar-refractivity contribution in [1.82, 2.24) is 10.6 Å². The van der Waals surface area contributed by atoms with E-state index in [1.807, 2.05) is 0 Å². The van der Waals surface area contributed by atoms with Crippen LogP contribution in [0.2, 0.25) is 0 Å². The Balaban J connectivity index is 1.06. The van der Waals surface area contributed by atoms with E-state index < -0.39 is 328 Å². The summed E-state index contributed by atoms with van der Waals surface area (Å²) in [5, 5.41) is 270. The van der Waals surface area contributed by atoms with Gasteiger partial charge in [-0.15, -0.1) is 0 Å². The molecule has 0 spiro atoms. The number of aliphatic hydroxyl groups is 24. The number of carbonyl (C=O) groups excluding carboxylic acids is 2. The van der Waals surface area contributed by atoms with Crippen molar-refractivity contribution in [2.45, 2.75) is 311 Å². The minimum atomic E-state index is -2.48. The highest BCUT2D eigenvalue weighted by molar-refractivity contribution is 5.73. The summed E-state index contributed by atoms with van der Waals surface area (Å²) in [6.07, 6.45) is -86.2. The summed E-state index contributed by atoms with van der Waals surface area (Å²) in [5.74, 6) is -1.98. The molecule has 0 bridgehead atoms. The predicted octanol–water partition coefficient (Wildman–Crippen LogP) is -17.3. The van der Waals surface area contributed by atoms with Crippen LogP contribution in [0, 0.1) is 0 Å². The molecule has 0 aromatic carbocycles. The van der Waals surface area contributed by atoms with E-state index in [0.717, 1.165) is 13.8 Å². The number of amides is 2. The van der Waals surface area contributed by atoms with Crippen LogP contribution in [0.25, 0.3) is 0 Å². The second kappa shape index (κ2) is 36.0. The molecular weight excluding hydrogens is 1410 g/mol. The fourth-order valence-electron chi connectivity index (χ4n) is 13.6. The summed E-state index contributed by atoms with van der Waals surface area (Å²) in [4.78, 5) is 26.9. The van der Waals surface area contributed by atoms with Crippen molar-refractivity contribution in [1.29, 1.82) is 0 Å². The largest absolute Gasteiger partial charge is 0.394 e. The fourth-order valence-corrected chi connectivity index (χ4v) is 13.6. The number of nitrogens with one attached hydrogen (secondary N) is 2. The van der Waals surface area contributed by atoms with Crippen LogP contribution in [0.5, 0.6) is 0 Å². The van der Waals surface area contributed by atoms with Gasteiger partial charge in [-0.3, -0.25) is 9.59 Å². The van der Waals surface area contributed by atoms with E-state index in [9.17, 15) is 132 Å². The van der Waals surface area contributed by atoms with Crippen LogP contribution >= 0.6 is 0 Å². The number of hydrogen-bond acceptors (Lipinski definition) is 43. The molecule has 0 aromatic rings. The molecule has 45 nitrogen and oxygen atoms in total. The molecule has 0 aliphatic carbocycles. The second-order valence-electron chi connectivity index (χ2n) is 26.6. The van der Waals surface area contributed by atoms with Crippen molar-refractivity contribution in [2.24, 2.45) is 0 Å². The first kappa shape index (κ1) is 84.3. The fraction of sp³-hybridized carbons (Fsp3) is 0.966. The summed E-state index contributed by atoms with van der Waals surface area (Å²) >= 11 is 0. The highest BCUT2D eigenvalue weighted by atomic mass is 16.8. The van der Waals surface area contributed by atoms with Gasteiger partial charge < -0.3 is 214 Å². The van der Waals surface area contributed by atoms with Gasteiger partial charge in [0.1, 0.15) is 201 Å². The van der Waals surface area contributed by atoms with E-state index in [0.29, 0.717) is 0 Å². The van der Waals surface area contributed by atoms with Crippen LogP contribution in [-0.4, -0.2) is 450 Å². The highest BCUT2D eigenvalue weighted by Gasteiger charge is 2.62. The molecule has 9 aliphatic heterocycles. The first-order chi connectivity index (χ1) is 48.6. The normalized spacial score (nSPS) is 52.3. The molecule has 0 saturated carbocycles. The summed E-state index contributed by atoms with van der Waals surface area (Å²) in [6, 6.07) is -4.02. The summed E-state index contributed by atoms with van der Waals surface area (Å²) in [5.41, 5.74) is 0. The average molecular weight is 1510 g/mol. The molecule has 9 aliphatic rings. The smallest absolute Gasteiger partial charge is 0.217 e. The van der Waals surface area contributed by atoms with E-state index in [-0.39, 0.29) is 0 Å². The molecular formula is C58H98N2O43. The van der Waals surface area contributed by atoms with Gasteiger partial charge in [-0.05, 0) is 20.8 Å². The molecule has 45 heteroatoms. The van der Waals surface area contributed by atoms with E-state index >= 15 is 0 Å². The zero-order chi connectivity index (χ0) is 75.8. The molecule has 103 heavy (non-hydrogen) atoms. The van der Waals surface area contributed by atoms with Crippen LogP contribution < -0.4 is 10.6 Å². The van der Waals surface area contributed by atoms with E-state index in [1.165, 1.54) is 20.8 Å². The molecule has 0 radical (unpaired) electrons. The van der Waals surface area contributed by atoms with Crippen LogP contribution in [0.3, 0.4) is 0 Å². The Labute approximate surface area is 584 Å². The Kier molecular flexibility index (Phi) is 29.5. The van der Waals surface area contributed by atoms with Gasteiger partial charge in [0, 0.05) is 13.8 Å². The molecule has 2 amide bonds. The zero-order valence-corrected chi connectivity index (χ0v) is 55.7. The van der Waals surface area contributed by atoms with Crippen LogP contribution in [-0.2, 0) is 90.1 Å². The van der Waals surface area contributed by atoms with Gasteiger partial charge in [-0.25, -0.2) is 0 Å². The lowest BCUT2D eigenvalue weighted by Gasteiger charge is -2.53. The molecule has 45 atom stereocenters. The number of carbonyl (C=O) groups is 2. The topological polar surface area (TPSA) is 701 Å². The van der Waals surface area contributed by atoms with E-state index in [2.05, 4.69) is 10.6 Å². The van der Waals surface area contributed by atoms with Gasteiger partial charge >= 0.3 is 0 Å². The summed E-state index contributed by atoms with van der Waals surface area (Å²) < 4.78 is 102. The molecule has 1 unspecified atom stereocenters. The van der Waals surface area contributed by atoms with Gasteiger partial charge in [0.2, 0.25) is 11.8 Å². The average Bonchev–Trinajstić information content (AvgIpc) is 0.760. The molecule has 9 rings (SSSR count). The first-order valence-corrected chi connectivity index (χ1v) is 33.2. The molecule has 9 fully saturated rings. The lowest BCUT2D eigenvalue weighted by atomic mass is 9.93. The first-order valence-electron chi connectivity index (χ1n) is 33.2. The predicted molar refractivity (Wildman–Crippen MR) is 316 cm³/mol. The van der Waals surface area contributed by atoms with Gasteiger partial charge in [-0.2, -0.15) is 0 Å². The number of rotatable bonds is 24. The molecule has 9 saturated heterocycles. The summed E-state index contributed by atoms with van der Waals surface area (Å²) in [7, 11) is 0. The van der Waals surface area contributed by atoms with Crippen molar-refractivity contribution in [3.63, 3.8) is 0 Å². The second-order valence-corrected chi connectivity index (χ2v) is 26.6. The Morgan fingerprint density at radius 2 is 0.524 bits per heavy atom. The third-order valence-corrected chi connectivity index (χ3v) is 19.5. The molecule has 9 heterocycles. The lowest BCUT2D eigenvalue weighted by molar-refractivity contribution is -0.404. The zero-order valence-electron chi connectivity index (χ0n) is 55.7. The Bertz CT molecular complexity index is 2660. The summed E-state index contributed by atoms with van der Waals surface area (Å²) in [6.45, 7) is -1.11. The Hall–Kier alpha value is -2.70. The van der Waals surface area contributed by atoms with Crippen molar-refractivity contribution >= 4 is 11.8 Å². The molecule has 0 aromatic heterocycles. The van der Waals surface area contributed by atoms with E-state index in [4.69, 9.17) is 80.5 Å². The van der Waals surface area contributed by atoms with Crippen LogP contribution in [0.4, 0.5) is 0 Å². The molecule has 598 valence electrons. The number of ether oxygens (including phenoxy) is 17. The van der Waals surface area contributed by atoms with Gasteiger partial charge in [0.05, 0.1) is 58.0 Å². The SMILES string of the molecule is CC(=O)N[C@H]1[C@H](O[C@H]2[C@@H](O)[C@@H](CO)O[C@@H](O[C@H]3[C@H](O)[C@@H](O)C(O)O[C@@H]3CO)[C@@H]2O)O[C@H](CO)[C@@H](O[C@@H]2O[C@H](CO)[C@H](O)[C@H](O[C@@H]3O[C@H](CO)[C@@H](O[C@@H]4O[C@H](CO)[C@H](O)[C@H](O)[C@H]4O[C@@H]4O[C@@H](C)[C@@H](O)[C@@H](O)[C@@H]4O)[C@H](O[C@@H]4O[C@@H](C)[C@@H](O)[C@@H](O)[C@@H]4O)[C@H]3NC(C)=O)[C@H]2O)[C@@H]1O[C@@H]1O[C@@H](C)[C@@H](O)[C@@H](O)[C@@H]1O. The maximum Gasteiger partial charge on any atom is 0.217 e. The third kappa shape index (κ3) is 17.9. The van der Waals surface area contributed by atoms with Crippen molar-refractivity contribution in [3.8, 4) is 0 Å².